The molecule has 0 aliphatic heterocycles. The molecule has 0 saturated heterocycles. The molecule has 2 rings (SSSR count). The van der Waals surface area contributed by atoms with Crippen LogP contribution in [-0.2, 0) is 4.79 Å². The van der Waals surface area contributed by atoms with E-state index >= 15 is 0 Å². The van der Waals surface area contributed by atoms with Gasteiger partial charge < -0.3 is 15.2 Å². The largest absolute Gasteiger partial charge is 0.496 e. The van der Waals surface area contributed by atoms with E-state index in [1.165, 1.54) is 7.11 Å². The molecule has 2 N–H and O–H groups in total. The third kappa shape index (κ3) is 3.50. The van der Waals surface area contributed by atoms with Crippen LogP contribution in [0.1, 0.15) is 35.2 Å². The second-order valence-corrected chi connectivity index (χ2v) is 5.22. The maximum Gasteiger partial charge on any atom is 0.305 e. The Morgan fingerprint density at radius 1 is 1.45 bits per heavy atom. The summed E-state index contributed by atoms with van der Waals surface area (Å²) in [4.78, 5) is 23.2. The second-order valence-electron chi connectivity index (χ2n) is 5.22. The highest BCUT2D eigenvalue weighted by atomic mass is 16.5. The highest BCUT2D eigenvalue weighted by molar-refractivity contribution is 5.97. The first-order chi connectivity index (χ1) is 9.51. The summed E-state index contributed by atoms with van der Waals surface area (Å²) < 4.78 is 5.18. The van der Waals surface area contributed by atoms with Crippen molar-refractivity contribution in [1.82, 2.24) is 5.32 Å². The molecule has 108 valence electrons. The Labute approximate surface area is 117 Å². The first-order valence-corrected chi connectivity index (χ1v) is 6.68. The molecule has 5 heteroatoms. The summed E-state index contributed by atoms with van der Waals surface area (Å²) in [5, 5.41) is 11.7. The Kier molecular flexibility index (Phi) is 4.27. The quantitative estimate of drug-likeness (QED) is 0.833. The fourth-order valence-corrected chi connectivity index (χ4v) is 2.27. The zero-order chi connectivity index (χ0) is 14.7. The van der Waals surface area contributed by atoms with E-state index in [2.05, 4.69) is 5.32 Å². The molecule has 1 aromatic rings. The first kappa shape index (κ1) is 14.4. The van der Waals surface area contributed by atoms with Crippen molar-refractivity contribution in [2.45, 2.75) is 32.2 Å². The molecule has 1 unspecified atom stereocenters. The summed E-state index contributed by atoms with van der Waals surface area (Å²) in [6, 6.07) is 5.06. The Morgan fingerprint density at radius 3 is 2.70 bits per heavy atom. The van der Waals surface area contributed by atoms with E-state index in [1.807, 2.05) is 13.0 Å². The fourth-order valence-electron chi connectivity index (χ4n) is 2.27. The average molecular weight is 277 g/mol. The van der Waals surface area contributed by atoms with Crippen LogP contribution in [0, 0.1) is 12.8 Å². The van der Waals surface area contributed by atoms with Crippen LogP contribution in [0.15, 0.2) is 18.2 Å². The number of carbonyl (C=O) groups is 2. The summed E-state index contributed by atoms with van der Waals surface area (Å²) in [5.74, 6) is -0.383. The van der Waals surface area contributed by atoms with Gasteiger partial charge in [-0.1, -0.05) is 11.6 Å². The molecule has 1 amide bonds. The Bertz CT molecular complexity index is 523. The summed E-state index contributed by atoms with van der Waals surface area (Å²) in [7, 11) is 1.51. The van der Waals surface area contributed by atoms with Crippen molar-refractivity contribution in [3.63, 3.8) is 0 Å². The van der Waals surface area contributed by atoms with Crippen molar-refractivity contribution in [2.24, 2.45) is 5.92 Å². The number of benzene rings is 1. The van der Waals surface area contributed by atoms with Gasteiger partial charge in [0.1, 0.15) is 5.75 Å². The number of carboxylic acids is 1. The van der Waals surface area contributed by atoms with Gasteiger partial charge in [0.25, 0.3) is 5.91 Å². The molecular formula is C15H19NO4. The van der Waals surface area contributed by atoms with Crippen molar-refractivity contribution in [1.29, 1.82) is 0 Å². The highest BCUT2D eigenvalue weighted by Crippen LogP contribution is 2.34. The second kappa shape index (κ2) is 5.94. The minimum Gasteiger partial charge on any atom is -0.496 e. The molecular weight excluding hydrogens is 258 g/mol. The Balaban J connectivity index is 2.13. The lowest BCUT2D eigenvalue weighted by Gasteiger charge is -2.17. The predicted octanol–water partition coefficient (Wildman–Crippen LogP) is 1.99. The number of carbonyl (C=O) groups excluding carboxylic acids is 1. The normalized spacial score (nSPS) is 15.5. The molecule has 0 spiro atoms. The third-order valence-electron chi connectivity index (χ3n) is 3.50. The van der Waals surface area contributed by atoms with Gasteiger partial charge in [0, 0.05) is 6.04 Å². The Morgan fingerprint density at radius 2 is 2.15 bits per heavy atom. The van der Waals surface area contributed by atoms with Crippen LogP contribution >= 0.6 is 0 Å². The van der Waals surface area contributed by atoms with Crippen LogP contribution in [0.4, 0.5) is 0 Å². The van der Waals surface area contributed by atoms with Crippen LogP contribution in [0.3, 0.4) is 0 Å². The lowest BCUT2D eigenvalue weighted by atomic mass is 10.1. The molecule has 0 bridgehead atoms. The van der Waals surface area contributed by atoms with Crippen molar-refractivity contribution < 1.29 is 19.4 Å². The van der Waals surface area contributed by atoms with Crippen molar-refractivity contribution in [3.05, 3.63) is 29.3 Å². The van der Waals surface area contributed by atoms with E-state index in [4.69, 9.17) is 9.84 Å². The lowest BCUT2D eigenvalue weighted by Crippen LogP contribution is -2.38. The van der Waals surface area contributed by atoms with Gasteiger partial charge in [-0.15, -0.1) is 0 Å². The van der Waals surface area contributed by atoms with Crippen LogP contribution in [0.2, 0.25) is 0 Å². The van der Waals surface area contributed by atoms with Gasteiger partial charge in [-0.3, -0.25) is 9.59 Å². The zero-order valence-electron chi connectivity index (χ0n) is 11.7. The number of ether oxygens (including phenoxy) is 1. The van der Waals surface area contributed by atoms with Gasteiger partial charge >= 0.3 is 5.97 Å². The number of hydrogen-bond acceptors (Lipinski definition) is 3. The van der Waals surface area contributed by atoms with Crippen LogP contribution < -0.4 is 10.1 Å². The lowest BCUT2D eigenvalue weighted by molar-refractivity contribution is -0.137. The van der Waals surface area contributed by atoms with Crippen LogP contribution in [0.5, 0.6) is 5.75 Å². The smallest absolute Gasteiger partial charge is 0.305 e. The zero-order valence-corrected chi connectivity index (χ0v) is 11.7. The number of hydrogen-bond donors (Lipinski definition) is 2. The minimum atomic E-state index is -0.890. The average Bonchev–Trinajstić information content (AvgIpc) is 3.21. The number of carboxylic acid groups (broad SMARTS) is 1. The monoisotopic (exact) mass is 277 g/mol. The number of aryl methyl sites for hydroxylation is 1. The molecule has 1 aliphatic rings. The summed E-state index contributed by atoms with van der Waals surface area (Å²) >= 11 is 0. The molecule has 1 fully saturated rings. The first-order valence-electron chi connectivity index (χ1n) is 6.68. The topological polar surface area (TPSA) is 75.6 Å². The molecule has 5 nitrogen and oxygen atoms in total. The number of nitrogens with one attached hydrogen (secondary N) is 1. The van der Waals surface area contributed by atoms with E-state index in [1.54, 1.807) is 12.1 Å². The summed E-state index contributed by atoms with van der Waals surface area (Å²) in [5.41, 5.74) is 1.40. The van der Waals surface area contributed by atoms with E-state index in [0.29, 0.717) is 11.3 Å². The fraction of sp³-hybridized carbons (Fsp3) is 0.467. The number of aliphatic carboxylic acids is 1. The standard InChI is InChI=1S/C15H19NO4/c1-9-3-6-13(20-2)11(7-9)15(19)16-12(8-14(17)18)10-4-5-10/h3,6-7,10,12H,4-5,8H2,1-2H3,(H,16,19)(H,17,18). The minimum absolute atomic E-state index is 0.0372. The molecule has 0 heterocycles. The molecule has 1 aliphatic carbocycles. The summed E-state index contributed by atoms with van der Waals surface area (Å²) in [6.45, 7) is 1.89. The SMILES string of the molecule is COc1ccc(C)cc1C(=O)NC(CC(=O)O)C1CC1. The van der Waals surface area contributed by atoms with Gasteiger partial charge in [-0.05, 0) is 37.8 Å². The Hall–Kier alpha value is -2.04. The van der Waals surface area contributed by atoms with Gasteiger partial charge in [-0.2, -0.15) is 0 Å². The maximum atomic E-state index is 12.3. The van der Waals surface area contributed by atoms with E-state index in [9.17, 15) is 9.59 Å². The highest BCUT2D eigenvalue weighted by Gasteiger charge is 2.34. The van der Waals surface area contributed by atoms with E-state index < -0.39 is 5.97 Å². The number of amides is 1. The van der Waals surface area contributed by atoms with Crippen molar-refractivity contribution >= 4 is 11.9 Å². The van der Waals surface area contributed by atoms with E-state index in [0.717, 1.165) is 18.4 Å². The van der Waals surface area contributed by atoms with E-state index in [-0.39, 0.29) is 24.3 Å². The third-order valence-corrected chi connectivity index (χ3v) is 3.50. The number of methoxy groups -OCH3 is 1. The van der Waals surface area contributed by atoms with Crippen LogP contribution in [-0.4, -0.2) is 30.1 Å². The van der Waals surface area contributed by atoms with Crippen molar-refractivity contribution in [3.8, 4) is 5.75 Å². The molecule has 1 atom stereocenters. The molecule has 1 aromatic carbocycles. The molecule has 20 heavy (non-hydrogen) atoms. The predicted molar refractivity (Wildman–Crippen MR) is 74.0 cm³/mol. The maximum absolute atomic E-state index is 12.3. The van der Waals surface area contributed by atoms with Gasteiger partial charge in [0.05, 0.1) is 19.1 Å². The van der Waals surface area contributed by atoms with Crippen molar-refractivity contribution in [2.75, 3.05) is 7.11 Å². The number of rotatable bonds is 6. The van der Waals surface area contributed by atoms with Gasteiger partial charge in [0.2, 0.25) is 0 Å². The summed E-state index contributed by atoms with van der Waals surface area (Å²) in [6.07, 6.45) is 1.91. The molecule has 1 saturated carbocycles. The van der Waals surface area contributed by atoms with Gasteiger partial charge in [0.15, 0.2) is 0 Å². The van der Waals surface area contributed by atoms with Crippen LogP contribution in [0.25, 0.3) is 0 Å². The van der Waals surface area contributed by atoms with Gasteiger partial charge in [-0.25, -0.2) is 0 Å². The molecule has 0 radical (unpaired) electrons. The molecule has 0 aromatic heterocycles.